The molecule has 158 valence electrons. The molecular formula is C18H19BrF3N3O3S. The number of hydrogen-bond donors (Lipinski definition) is 2. The average molecular weight is 494 g/mol. The molecule has 1 aliphatic heterocycles. The molecule has 0 atom stereocenters. The number of carboxylic acids is 1. The topological polar surface area (TPSA) is 82.5 Å². The molecule has 0 aliphatic carbocycles. The van der Waals surface area contributed by atoms with Crippen molar-refractivity contribution >= 4 is 44.3 Å². The number of nitrogens with zero attached hydrogens (tertiary/aromatic N) is 2. The lowest BCUT2D eigenvalue weighted by Gasteiger charge is -2.30. The predicted molar refractivity (Wildman–Crippen MR) is 108 cm³/mol. The second kappa shape index (κ2) is 10.1. The first-order valence-electron chi connectivity index (χ1n) is 8.60. The Balaban J connectivity index is 0.000000370. The quantitative estimate of drug-likeness (QED) is 0.670. The first kappa shape index (κ1) is 23.1. The van der Waals surface area contributed by atoms with E-state index < -0.39 is 12.1 Å². The Labute approximate surface area is 177 Å². The molecule has 0 bridgehead atoms. The summed E-state index contributed by atoms with van der Waals surface area (Å²) in [6.07, 6.45) is -3.29. The Morgan fingerprint density at radius 3 is 2.28 bits per heavy atom. The number of amides is 1. The van der Waals surface area contributed by atoms with Crippen LogP contribution in [0.25, 0.3) is 11.3 Å². The van der Waals surface area contributed by atoms with Gasteiger partial charge in [0.15, 0.2) is 5.13 Å². The Morgan fingerprint density at radius 2 is 1.79 bits per heavy atom. The van der Waals surface area contributed by atoms with Crippen LogP contribution in [0, 0.1) is 5.92 Å². The third-order valence-electron chi connectivity index (χ3n) is 4.26. The van der Waals surface area contributed by atoms with E-state index in [0.29, 0.717) is 0 Å². The smallest absolute Gasteiger partial charge is 0.475 e. The number of nitrogens with one attached hydrogen (secondary N) is 1. The zero-order chi connectivity index (χ0) is 21.6. The number of anilines is 1. The van der Waals surface area contributed by atoms with Gasteiger partial charge in [-0.3, -0.25) is 4.79 Å². The minimum absolute atomic E-state index is 0.146. The lowest BCUT2D eigenvalue weighted by molar-refractivity contribution is -0.192. The molecule has 1 aliphatic rings. The number of alkyl halides is 3. The fourth-order valence-corrected chi connectivity index (χ4v) is 3.85. The molecule has 2 heterocycles. The number of piperidine rings is 1. The minimum Gasteiger partial charge on any atom is -0.475 e. The minimum atomic E-state index is -5.08. The second-order valence-electron chi connectivity index (χ2n) is 6.20. The summed E-state index contributed by atoms with van der Waals surface area (Å²) in [5.74, 6) is -2.45. The summed E-state index contributed by atoms with van der Waals surface area (Å²) in [6.45, 7) is 1.79. The van der Waals surface area contributed by atoms with Gasteiger partial charge in [-0.2, -0.15) is 13.2 Å². The molecule has 0 spiro atoms. The first-order chi connectivity index (χ1) is 13.6. The number of aliphatic carboxylic acids is 1. The highest BCUT2D eigenvalue weighted by Gasteiger charge is 2.38. The molecule has 1 saturated heterocycles. The third kappa shape index (κ3) is 6.70. The van der Waals surface area contributed by atoms with E-state index in [1.54, 1.807) is 18.4 Å². The van der Waals surface area contributed by atoms with Gasteiger partial charge in [0.1, 0.15) is 0 Å². The van der Waals surface area contributed by atoms with Gasteiger partial charge in [-0.1, -0.05) is 28.1 Å². The van der Waals surface area contributed by atoms with Crippen LogP contribution in [-0.2, 0) is 9.59 Å². The van der Waals surface area contributed by atoms with Crippen molar-refractivity contribution in [2.75, 3.05) is 25.0 Å². The van der Waals surface area contributed by atoms with E-state index in [4.69, 9.17) is 14.9 Å². The van der Waals surface area contributed by atoms with Crippen LogP contribution in [-0.4, -0.2) is 48.3 Å². The number of benzene rings is 1. The Bertz CT molecular complexity index is 835. The summed E-state index contributed by atoms with van der Waals surface area (Å²) in [6, 6.07) is 8.20. The summed E-state index contributed by atoms with van der Waals surface area (Å²) < 4.78 is 32.8. The largest absolute Gasteiger partial charge is 0.490 e. The fraction of sp³-hybridized carbons (Fsp3) is 0.389. The zero-order valence-electron chi connectivity index (χ0n) is 15.4. The van der Waals surface area contributed by atoms with E-state index in [1.165, 1.54) is 0 Å². The van der Waals surface area contributed by atoms with E-state index in [9.17, 15) is 18.0 Å². The molecule has 29 heavy (non-hydrogen) atoms. The Hall–Kier alpha value is -2.14. The van der Waals surface area contributed by atoms with Crippen LogP contribution in [0.3, 0.4) is 0 Å². The number of hydrogen-bond acceptors (Lipinski definition) is 5. The predicted octanol–water partition coefficient (Wildman–Crippen LogP) is 4.17. The molecule has 6 nitrogen and oxygen atoms in total. The van der Waals surface area contributed by atoms with Gasteiger partial charge in [-0.25, -0.2) is 9.78 Å². The van der Waals surface area contributed by atoms with Crippen molar-refractivity contribution in [1.82, 2.24) is 10.3 Å². The highest BCUT2D eigenvalue weighted by Crippen LogP contribution is 2.30. The molecule has 1 amide bonds. The van der Waals surface area contributed by atoms with Crippen LogP contribution < -0.4 is 10.2 Å². The maximum atomic E-state index is 11.7. The maximum absolute atomic E-state index is 11.7. The standard InChI is InChI=1S/C16H18BrN3OS.C2HF3O2/c1-18-15(21)12-6-8-20(9-7-12)16-19-14(10-22-16)11-2-4-13(17)5-3-11;3-2(4,5)1(6)7/h2-5,10,12H,6-9H2,1H3,(H,18,21);(H,6,7). The Kier molecular flexibility index (Phi) is 8.03. The first-order valence-corrected chi connectivity index (χ1v) is 10.3. The Morgan fingerprint density at radius 1 is 1.24 bits per heavy atom. The molecular weight excluding hydrogens is 475 g/mol. The highest BCUT2D eigenvalue weighted by molar-refractivity contribution is 9.10. The lowest BCUT2D eigenvalue weighted by Crippen LogP contribution is -2.39. The second-order valence-corrected chi connectivity index (χ2v) is 7.95. The molecule has 0 unspecified atom stereocenters. The number of carbonyl (C=O) groups is 2. The van der Waals surface area contributed by atoms with Crippen LogP contribution in [0.4, 0.5) is 18.3 Å². The number of aromatic nitrogens is 1. The number of carbonyl (C=O) groups excluding carboxylic acids is 1. The van der Waals surface area contributed by atoms with Crippen LogP contribution in [0.5, 0.6) is 0 Å². The van der Waals surface area contributed by atoms with Crippen molar-refractivity contribution in [3.63, 3.8) is 0 Å². The molecule has 0 radical (unpaired) electrons. The van der Waals surface area contributed by atoms with Crippen LogP contribution in [0.15, 0.2) is 34.1 Å². The van der Waals surface area contributed by atoms with Crippen LogP contribution in [0.2, 0.25) is 0 Å². The van der Waals surface area contributed by atoms with Crippen molar-refractivity contribution in [2.24, 2.45) is 5.92 Å². The lowest BCUT2D eigenvalue weighted by atomic mass is 9.96. The number of carboxylic acid groups (broad SMARTS) is 1. The average Bonchev–Trinajstić information content (AvgIpc) is 3.18. The SMILES string of the molecule is CNC(=O)C1CCN(c2nc(-c3ccc(Br)cc3)cs2)CC1.O=C(O)C(F)(F)F. The zero-order valence-corrected chi connectivity index (χ0v) is 17.8. The number of rotatable bonds is 3. The van der Waals surface area contributed by atoms with Gasteiger partial charge < -0.3 is 15.3 Å². The molecule has 1 aromatic heterocycles. The highest BCUT2D eigenvalue weighted by atomic mass is 79.9. The van der Waals surface area contributed by atoms with Gasteiger partial charge in [0.05, 0.1) is 5.69 Å². The molecule has 2 aromatic rings. The van der Waals surface area contributed by atoms with Crippen molar-refractivity contribution in [3.8, 4) is 11.3 Å². The van der Waals surface area contributed by atoms with Gasteiger partial charge in [0.2, 0.25) is 5.91 Å². The molecule has 11 heteroatoms. The normalized spacial score (nSPS) is 14.7. The van der Waals surface area contributed by atoms with Gasteiger partial charge in [-0.15, -0.1) is 11.3 Å². The monoisotopic (exact) mass is 493 g/mol. The van der Waals surface area contributed by atoms with Gasteiger partial charge in [-0.05, 0) is 25.0 Å². The third-order valence-corrected chi connectivity index (χ3v) is 5.69. The van der Waals surface area contributed by atoms with E-state index in [1.807, 2.05) is 12.1 Å². The molecule has 1 aromatic carbocycles. The van der Waals surface area contributed by atoms with E-state index in [-0.39, 0.29) is 11.8 Å². The van der Waals surface area contributed by atoms with Gasteiger partial charge in [0.25, 0.3) is 0 Å². The van der Waals surface area contributed by atoms with Crippen LogP contribution in [0.1, 0.15) is 12.8 Å². The summed E-state index contributed by atoms with van der Waals surface area (Å²) in [5, 5.41) is 13.0. The van der Waals surface area contributed by atoms with Crippen LogP contribution >= 0.6 is 27.3 Å². The van der Waals surface area contributed by atoms with Crippen molar-refractivity contribution in [1.29, 1.82) is 0 Å². The molecule has 0 saturated carbocycles. The van der Waals surface area contributed by atoms with Crippen molar-refractivity contribution in [2.45, 2.75) is 19.0 Å². The van der Waals surface area contributed by atoms with Crippen molar-refractivity contribution < 1.29 is 27.9 Å². The van der Waals surface area contributed by atoms with E-state index >= 15 is 0 Å². The van der Waals surface area contributed by atoms with E-state index in [2.05, 4.69) is 43.7 Å². The van der Waals surface area contributed by atoms with E-state index in [0.717, 1.165) is 46.8 Å². The van der Waals surface area contributed by atoms with Crippen molar-refractivity contribution in [3.05, 3.63) is 34.1 Å². The molecule has 1 fully saturated rings. The molecule has 2 N–H and O–H groups in total. The maximum Gasteiger partial charge on any atom is 0.490 e. The summed E-state index contributed by atoms with van der Waals surface area (Å²) >= 11 is 5.12. The van der Waals surface area contributed by atoms with Gasteiger partial charge in [0, 0.05) is 41.5 Å². The number of halogens is 4. The fourth-order valence-electron chi connectivity index (χ4n) is 2.70. The number of thiazole rings is 1. The molecule has 3 rings (SSSR count). The summed E-state index contributed by atoms with van der Waals surface area (Å²) in [4.78, 5) is 27.6. The summed E-state index contributed by atoms with van der Waals surface area (Å²) in [7, 11) is 1.71. The summed E-state index contributed by atoms with van der Waals surface area (Å²) in [5.41, 5.74) is 2.15. The van der Waals surface area contributed by atoms with Gasteiger partial charge >= 0.3 is 12.1 Å².